The number of aromatic nitrogens is 2. The van der Waals surface area contributed by atoms with Gasteiger partial charge in [0, 0.05) is 18.9 Å². The van der Waals surface area contributed by atoms with E-state index in [0.717, 1.165) is 24.2 Å². The summed E-state index contributed by atoms with van der Waals surface area (Å²) in [5.41, 5.74) is 0. The molecule has 2 fully saturated rings. The second-order valence-corrected chi connectivity index (χ2v) is 4.85. The van der Waals surface area contributed by atoms with E-state index >= 15 is 0 Å². The van der Waals surface area contributed by atoms with Crippen LogP contribution in [0.1, 0.15) is 38.1 Å². The molecule has 2 aliphatic carbocycles. The van der Waals surface area contributed by atoms with E-state index in [4.69, 9.17) is 0 Å². The van der Waals surface area contributed by atoms with Crippen molar-refractivity contribution in [3.8, 4) is 0 Å². The maximum absolute atomic E-state index is 10.3. The first kappa shape index (κ1) is 9.40. The molecule has 0 aromatic carbocycles. The fraction of sp³-hybridized carbons (Fsp3) is 0.750. The molecule has 0 spiro atoms. The quantitative estimate of drug-likeness (QED) is 0.821. The Labute approximate surface area is 90.1 Å². The van der Waals surface area contributed by atoms with Gasteiger partial charge in [0.05, 0.1) is 0 Å². The third-order valence-electron chi connectivity index (χ3n) is 4.19. The molecule has 2 aliphatic rings. The summed E-state index contributed by atoms with van der Waals surface area (Å²) >= 11 is 0. The van der Waals surface area contributed by atoms with Gasteiger partial charge in [-0.1, -0.05) is 6.42 Å². The molecular formula is C12H18N2O. The largest absolute Gasteiger partial charge is 0.385 e. The number of fused-ring (bicyclic) bond motifs is 1. The third-order valence-corrected chi connectivity index (χ3v) is 4.19. The van der Waals surface area contributed by atoms with Crippen LogP contribution < -0.4 is 0 Å². The molecule has 0 saturated heterocycles. The molecule has 3 rings (SSSR count). The number of aliphatic hydroxyl groups is 1. The highest BCUT2D eigenvalue weighted by molar-refractivity contribution is 5.10. The van der Waals surface area contributed by atoms with Crippen molar-refractivity contribution in [2.75, 3.05) is 0 Å². The molecule has 1 heterocycles. The number of hydrogen-bond acceptors (Lipinski definition) is 2. The van der Waals surface area contributed by atoms with Crippen LogP contribution in [-0.2, 0) is 6.54 Å². The van der Waals surface area contributed by atoms with Gasteiger partial charge >= 0.3 is 0 Å². The number of rotatable bonds is 3. The van der Waals surface area contributed by atoms with E-state index in [1.54, 1.807) is 6.20 Å². The van der Waals surface area contributed by atoms with Crippen molar-refractivity contribution in [2.45, 2.75) is 38.8 Å². The second-order valence-electron chi connectivity index (χ2n) is 4.85. The Morgan fingerprint density at radius 3 is 2.93 bits per heavy atom. The summed E-state index contributed by atoms with van der Waals surface area (Å²) in [6.07, 6.45) is 7.42. The Balaban J connectivity index is 1.77. The first-order chi connectivity index (χ1) is 7.33. The highest BCUT2D eigenvalue weighted by Crippen LogP contribution is 2.61. The Morgan fingerprint density at radius 1 is 1.53 bits per heavy atom. The molecule has 0 bridgehead atoms. The van der Waals surface area contributed by atoms with Gasteiger partial charge in [-0.15, -0.1) is 0 Å². The number of nitrogens with zero attached hydrogens (tertiary/aromatic N) is 2. The Hall–Kier alpha value is -0.830. The van der Waals surface area contributed by atoms with Crippen molar-refractivity contribution in [1.29, 1.82) is 0 Å². The number of aryl methyl sites for hydroxylation is 1. The van der Waals surface area contributed by atoms with E-state index in [0.29, 0.717) is 5.92 Å². The van der Waals surface area contributed by atoms with Crippen LogP contribution in [-0.4, -0.2) is 14.7 Å². The van der Waals surface area contributed by atoms with Crippen LogP contribution >= 0.6 is 0 Å². The molecule has 2 saturated carbocycles. The van der Waals surface area contributed by atoms with Gasteiger partial charge in [-0.3, -0.25) is 0 Å². The molecule has 0 radical (unpaired) electrons. The highest BCUT2D eigenvalue weighted by atomic mass is 16.3. The standard InChI is InChI=1S/C12H18N2O/c1-2-14-7-6-13-12(14)11(15)10-8-4-3-5-9(8)10/h6-11,15H,2-5H2,1H3. The summed E-state index contributed by atoms with van der Waals surface area (Å²) in [6, 6.07) is 0. The topological polar surface area (TPSA) is 38.0 Å². The molecule has 0 amide bonds. The lowest BCUT2D eigenvalue weighted by Crippen LogP contribution is -2.11. The van der Waals surface area contributed by atoms with Crippen molar-refractivity contribution >= 4 is 0 Å². The minimum atomic E-state index is -0.324. The molecule has 1 N–H and O–H groups in total. The van der Waals surface area contributed by atoms with Crippen molar-refractivity contribution < 1.29 is 5.11 Å². The van der Waals surface area contributed by atoms with E-state index in [-0.39, 0.29) is 6.10 Å². The highest BCUT2D eigenvalue weighted by Gasteiger charge is 2.56. The first-order valence-corrected chi connectivity index (χ1v) is 6.02. The van der Waals surface area contributed by atoms with Gasteiger partial charge < -0.3 is 9.67 Å². The minimum absolute atomic E-state index is 0.324. The van der Waals surface area contributed by atoms with Gasteiger partial charge in [0.1, 0.15) is 11.9 Å². The van der Waals surface area contributed by atoms with Crippen molar-refractivity contribution in [3.63, 3.8) is 0 Å². The smallest absolute Gasteiger partial charge is 0.137 e. The molecule has 0 aliphatic heterocycles. The lowest BCUT2D eigenvalue weighted by molar-refractivity contribution is 0.124. The van der Waals surface area contributed by atoms with Crippen LogP contribution in [0.15, 0.2) is 12.4 Å². The van der Waals surface area contributed by atoms with Crippen molar-refractivity contribution in [2.24, 2.45) is 17.8 Å². The molecule has 1 aromatic rings. The summed E-state index contributed by atoms with van der Waals surface area (Å²) in [5, 5.41) is 10.3. The van der Waals surface area contributed by atoms with E-state index < -0.39 is 0 Å². The zero-order chi connectivity index (χ0) is 10.4. The van der Waals surface area contributed by atoms with Crippen LogP contribution in [0, 0.1) is 17.8 Å². The van der Waals surface area contributed by atoms with E-state index in [1.807, 2.05) is 6.20 Å². The summed E-state index contributed by atoms with van der Waals surface area (Å²) in [7, 11) is 0. The van der Waals surface area contributed by atoms with Crippen LogP contribution in [0.25, 0.3) is 0 Å². The van der Waals surface area contributed by atoms with Gasteiger partial charge in [0.15, 0.2) is 0 Å². The lowest BCUT2D eigenvalue weighted by Gasteiger charge is -2.13. The number of imidazole rings is 1. The molecular weight excluding hydrogens is 188 g/mol. The fourth-order valence-corrected chi connectivity index (χ4v) is 3.37. The predicted molar refractivity (Wildman–Crippen MR) is 57.2 cm³/mol. The van der Waals surface area contributed by atoms with Gasteiger partial charge in [-0.05, 0) is 37.5 Å². The van der Waals surface area contributed by atoms with E-state index in [2.05, 4.69) is 16.5 Å². The molecule has 82 valence electrons. The van der Waals surface area contributed by atoms with Crippen LogP contribution in [0.4, 0.5) is 0 Å². The molecule has 3 nitrogen and oxygen atoms in total. The summed E-state index contributed by atoms with van der Waals surface area (Å²) < 4.78 is 2.05. The van der Waals surface area contributed by atoms with E-state index in [9.17, 15) is 5.11 Å². The Kier molecular flexibility index (Phi) is 2.09. The molecule has 3 unspecified atom stereocenters. The van der Waals surface area contributed by atoms with Gasteiger partial charge in [0.2, 0.25) is 0 Å². The first-order valence-electron chi connectivity index (χ1n) is 6.02. The van der Waals surface area contributed by atoms with Gasteiger partial charge in [0.25, 0.3) is 0 Å². The Morgan fingerprint density at radius 2 is 2.27 bits per heavy atom. The Bertz CT molecular complexity index is 350. The lowest BCUT2D eigenvalue weighted by atomic mass is 10.1. The van der Waals surface area contributed by atoms with Crippen molar-refractivity contribution in [1.82, 2.24) is 9.55 Å². The minimum Gasteiger partial charge on any atom is -0.385 e. The molecule has 3 heteroatoms. The summed E-state index contributed by atoms with van der Waals surface area (Å²) in [4.78, 5) is 4.29. The summed E-state index contributed by atoms with van der Waals surface area (Å²) in [5.74, 6) is 2.97. The number of hydrogen-bond donors (Lipinski definition) is 1. The van der Waals surface area contributed by atoms with Gasteiger partial charge in [-0.2, -0.15) is 0 Å². The normalized spacial score (nSPS) is 35.2. The predicted octanol–water partition coefficient (Wildman–Crippen LogP) is 1.98. The van der Waals surface area contributed by atoms with Crippen molar-refractivity contribution in [3.05, 3.63) is 18.2 Å². The zero-order valence-corrected chi connectivity index (χ0v) is 9.13. The van der Waals surface area contributed by atoms with E-state index in [1.165, 1.54) is 19.3 Å². The van der Waals surface area contributed by atoms with Crippen LogP contribution in [0.3, 0.4) is 0 Å². The molecule has 1 aromatic heterocycles. The zero-order valence-electron chi connectivity index (χ0n) is 9.13. The molecule has 15 heavy (non-hydrogen) atoms. The monoisotopic (exact) mass is 206 g/mol. The van der Waals surface area contributed by atoms with Crippen LogP contribution in [0.2, 0.25) is 0 Å². The van der Waals surface area contributed by atoms with Gasteiger partial charge in [-0.25, -0.2) is 4.98 Å². The number of aliphatic hydroxyl groups excluding tert-OH is 1. The average Bonchev–Trinajstić information content (AvgIpc) is 2.72. The fourth-order valence-electron chi connectivity index (χ4n) is 3.37. The maximum Gasteiger partial charge on any atom is 0.137 e. The average molecular weight is 206 g/mol. The third kappa shape index (κ3) is 1.33. The second kappa shape index (κ2) is 3.34. The van der Waals surface area contributed by atoms with Crippen LogP contribution in [0.5, 0.6) is 0 Å². The molecule has 3 atom stereocenters. The maximum atomic E-state index is 10.3. The summed E-state index contributed by atoms with van der Waals surface area (Å²) in [6.45, 7) is 2.99. The SMILES string of the molecule is CCn1ccnc1C(O)C1C2CCCC21.